The molecule has 14 N–H and O–H groups in total. The standard InChI is InChI=1S/C6H4F.4BH3O3.Na.H2O/c7-6-4-2-1-3-5-6;4*2-1(3)4;;/h2-5H;4*2-4H;;1H2. The van der Waals surface area contributed by atoms with Crippen LogP contribution in [0.25, 0.3) is 0 Å². The monoisotopic (exact) mass is 384 g/mol. The van der Waals surface area contributed by atoms with Crippen molar-refractivity contribution in [3.05, 3.63) is 30.1 Å². The van der Waals surface area contributed by atoms with Crippen LogP contribution in [-0.2, 0) is 0 Å². The summed E-state index contributed by atoms with van der Waals surface area (Å²) in [6.45, 7) is 0. The van der Waals surface area contributed by atoms with E-state index in [2.05, 4.69) is 0 Å². The summed E-state index contributed by atoms with van der Waals surface area (Å²) in [5.41, 5.74) is 0. The van der Waals surface area contributed by atoms with Gasteiger partial charge in [-0.3, -0.25) is 0 Å². The second-order valence-corrected chi connectivity index (χ2v) is 4.34. The minimum absolute atomic E-state index is 0. The Hall–Kier alpha value is -0.110. The first-order valence-corrected chi connectivity index (χ1v) is 6.61. The van der Waals surface area contributed by atoms with Crippen LogP contribution < -0.4 is 2.81 Å². The predicted octanol–water partition coefficient (Wildman–Crippen LogP) is -8.41. The van der Waals surface area contributed by atoms with Crippen LogP contribution in [-0.4, -0.2) is 123 Å². The third-order valence-corrected chi connectivity index (χ3v) is 1.68. The van der Waals surface area contributed by atoms with Gasteiger partial charge in [-0.15, -0.1) is 0 Å². The van der Waals surface area contributed by atoms with Crippen LogP contribution in [0, 0.1) is 5.82 Å². The van der Waals surface area contributed by atoms with Crippen molar-refractivity contribution in [1.29, 1.82) is 0 Å². The Kier molecular flexibility index (Phi) is 37.5. The molecule has 25 heavy (non-hydrogen) atoms. The molecule has 0 bridgehead atoms. The summed E-state index contributed by atoms with van der Waals surface area (Å²) >= 11 is 1.00. The van der Waals surface area contributed by atoms with Crippen molar-refractivity contribution in [3.63, 3.8) is 0 Å². The molecule has 0 aliphatic heterocycles. The Bertz CT molecular complexity index is 290. The quantitative estimate of drug-likeness (QED) is 0.186. The van der Waals surface area contributed by atoms with Gasteiger partial charge >= 0.3 is 94.5 Å². The molecular weight excluding hydrogens is 365 g/mol. The maximum Gasteiger partial charge on any atom is 0.631 e. The zero-order valence-electron chi connectivity index (χ0n) is 12.9. The fourth-order valence-corrected chi connectivity index (χ4v) is 0.867. The average molecular weight is 383 g/mol. The SMILES string of the molecule is Fc1cc[c]([Na])cc1.O.OB(O)O.OB(O)O.OB(O)O.OB(O)O. The number of benzene rings is 1. The van der Waals surface area contributed by atoms with E-state index in [-0.39, 0.29) is 11.3 Å². The van der Waals surface area contributed by atoms with Crippen molar-refractivity contribution in [3.8, 4) is 0 Å². The van der Waals surface area contributed by atoms with E-state index in [1.807, 2.05) is 12.1 Å². The molecule has 0 spiro atoms. The summed E-state index contributed by atoms with van der Waals surface area (Å²) in [5.74, 6) is -0.149. The first-order valence-electron chi connectivity index (χ1n) is 5.61. The molecule has 140 valence electrons. The van der Waals surface area contributed by atoms with Crippen LogP contribution in [0.15, 0.2) is 24.3 Å². The van der Waals surface area contributed by atoms with E-state index in [0.717, 1.165) is 27.9 Å². The predicted molar refractivity (Wildman–Crippen MR) is 85.0 cm³/mol. The molecule has 0 unspecified atom stereocenters. The first kappa shape index (κ1) is 35.9. The van der Waals surface area contributed by atoms with Crippen molar-refractivity contribution < 1.29 is 70.2 Å². The van der Waals surface area contributed by atoms with Crippen LogP contribution in [0.3, 0.4) is 0 Å². The molecule has 0 radical (unpaired) electrons. The van der Waals surface area contributed by atoms with Gasteiger partial charge < -0.3 is 65.8 Å². The first-order chi connectivity index (χ1) is 10.7. The normalized spacial score (nSPS) is 7.32. The van der Waals surface area contributed by atoms with Crippen LogP contribution in [0.1, 0.15) is 0 Å². The topological polar surface area (TPSA) is 274 Å². The molecule has 0 saturated heterocycles. The molecule has 1 aromatic rings. The second kappa shape index (κ2) is 26.1. The van der Waals surface area contributed by atoms with Crippen molar-refractivity contribution in [1.82, 2.24) is 0 Å². The van der Waals surface area contributed by atoms with Gasteiger partial charge in [-0.2, -0.15) is 0 Å². The molecule has 1 rings (SSSR count). The van der Waals surface area contributed by atoms with Crippen LogP contribution >= 0.6 is 0 Å². The molecule has 19 heteroatoms. The molecule has 1 aromatic carbocycles. The number of hydrogen-bond acceptors (Lipinski definition) is 12. The van der Waals surface area contributed by atoms with Crippen molar-refractivity contribution >= 4 is 60.0 Å². The Morgan fingerprint density at radius 3 is 0.840 bits per heavy atom. The van der Waals surface area contributed by atoms with Crippen molar-refractivity contribution in [2.24, 2.45) is 0 Å². The molecule has 0 saturated carbocycles. The summed E-state index contributed by atoms with van der Waals surface area (Å²) < 4.78 is 13.3. The van der Waals surface area contributed by atoms with Gasteiger partial charge in [0.2, 0.25) is 0 Å². The van der Waals surface area contributed by atoms with Crippen molar-refractivity contribution in [2.45, 2.75) is 0 Å². The molecule has 13 nitrogen and oxygen atoms in total. The maximum atomic E-state index is 12.1. The number of halogens is 1. The maximum absolute atomic E-state index is 12.1. The van der Waals surface area contributed by atoms with Gasteiger partial charge in [0, 0.05) is 0 Å². The summed E-state index contributed by atoms with van der Waals surface area (Å²) in [6.07, 6.45) is 0. The van der Waals surface area contributed by atoms with Gasteiger partial charge in [-0.1, -0.05) is 0 Å². The Morgan fingerprint density at radius 2 is 0.720 bits per heavy atom. The minimum Gasteiger partial charge on any atom is -0.412 e. The van der Waals surface area contributed by atoms with Gasteiger partial charge in [-0.05, 0) is 0 Å². The van der Waals surface area contributed by atoms with Crippen LogP contribution in [0.2, 0.25) is 0 Å². The van der Waals surface area contributed by atoms with E-state index in [4.69, 9.17) is 60.3 Å². The average Bonchev–Trinajstić information content (AvgIpc) is 2.30. The Labute approximate surface area is 160 Å². The van der Waals surface area contributed by atoms with E-state index >= 15 is 0 Å². The molecule has 0 heterocycles. The fourth-order valence-electron chi connectivity index (χ4n) is 0.533. The Morgan fingerprint density at radius 1 is 0.560 bits per heavy atom. The molecule has 0 aliphatic rings. The zero-order valence-corrected chi connectivity index (χ0v) is 14.9. The van der Waals surface area contributed by atoms with E-state index in [1.165, 1.54) is 14.9 Å². The van der Waals surface area contributed by atoms with Crippen molar-refractivity contribution in [2.75, 3.05) is 0 Å². The largest absolute Gasteiger partial charge is 0.631 e. The van der Waals surface area contributed by atoms with Crippen LogP contribution in [0.5, 0.6) is 0 Å². The second-order valence-electron chi connectivity index (χ2n) is 3.18. The summed E-state index contributed by atoms with van der Waals surface area (Å²) in [7, 11) is -8.67. The van der Waals surface area contributed by atoms with E-state index < -0.39 is 29.3 Å². The van der Waals surface area contributed by atoms with Gasteiger partial charge in [0.15, 0.2) is 0 Å². The smallest absolute Gasteiger partial charge is 0.412 e. The van der Waals surface area contributed by atoms with Crippen LogP contribution in [0.4, 0.5) is 4.39 Å². The van der Waals surface area contributed by atoms with Gasteiger partial charge in [0.25, 0.3) is 0 Å². The van der Waals surface area contributed by atoms with Gasteiger partial charge in [0.05, 0.1) is 0 Å². The van der Waals surface area contributed by atoms with E-state index in [1.54, 1.807) is 0 Å². The molecule has 0 fully saturated rings. The molecule has 0 aromatic heterocycles. The summed E-state index contributed by atoms with van der Waals surface area (Å²) in [4.78, 5) is 0. The van der Waals surface area contributed by atoms with E-state index in [9.17, 15) is 4.39 Å². The zero-order chi connectivity index (χ0) is 20.3. The van der Waals surface area contributed by atoms with E-state index in [0.29, 0.717) is 0 Å². The fraction of sp³-hybridized carbons (Fsp3) is 0. The minimum atomic E-state index is -2.17. The number of rotatable bonds is 0. The number of hydrogen-bond donors (Lipinski definition) is 12. The third-order valence-electron chi connectivity index (χ3n) is 1.01. The Balaban J connectivity index is -0.0000000695. The molecule has 0 amide bonds. The summed E-state index contributed by atoms with van der Waals surface area (Å²) in [6, 6.07) is 6.59. The third kappa shape index (κ3) is 117. The molecular formula is C6H18B4FNaO13. The van der Waals surface area contributed by atoms with Gasteiger partial charge in [-0.25, -0.2) is 0 Å². The molecule has 0 atom stereocenters. The molecule has 0 aliphatic carbocycles. The van der Waals surface area contributed by atoms with Gasteiger partial charge in [0.1, 0.15) is 0 Å². The summed E-state index contributed by atoms with van der Waals surface area (Å²) in [5, 5.41) is 86.0.